The minimum atomic E-state index is -0.596. The Morgan fingerprint density at radius 1 is 1.36 bits per heavy atom. The van der Waals surface area contributed by atoms with Crippen molar-refractivity contribution in [3.8, 4) is 0 Å². The summed E-state index contributed by atoms with van der Waals surface area (Å²) < 4.78 is 6.01. The number of fused-ring (bicyclic) bond motifs is 1. The van der Waals surface area contributed by atoms with Crippen LogP contribution in [0.3, 0.4) is 0 Å². The van der Waals surface area contributed by atoms with E-state index >= 15 is 0 Å². The Bertz CT molecular complexity index is 896. The minimum absolute atomic E-state index is 0.0830. The number of aromatic amines is 1. The Balaban J connectivity index is 2.18. The molecule has 0 bridgehead atoms. The quantitative estimate of drug-likeness (QED) is 0.706. The van der Waals surface area contributed by atoms with Crippen molar-refractivity contribution in [3.63, 3.8) is 0 Å². The number of rotatable bonds is 3. The molecule has 112 valence electrons. The first-order valence-electron chi connectivity index (χ1n) is 6.61. The summed E-state index contributed by atoms with van der Waals surface area (Å²) in [6.45, 7) is 0.278. The molecular weight excluding hydrogens is 284 g/mol. The molecule has 0 saturated carbocycles. The molecule has 1 aromatic carbocycles. The second-order valence-corrected chi connectivity index (χ2v) is 4.76. The minimum Gasteiger partial charge on any atom is -0.465 e. The van der Waals surface area contributed by atoms with Gasteiger partial charge in [-0.25, -0.2) is 4.79 Å². The Labute approximate surface area is 125 Å². The van der Waals surface area contributed by atoms with Gasteiger partial charge in [-0.15, -0.1) is 0 Å². The van der Waals surface area contributed by atoms with Crippen LogP contribution in [0, 0.1) is 0 Å². The van der Waals surface area contributed by atoms with Gasteiger partial charge in [0.05, 0.1) is 24.6 Å². The van der Waals surface area contributed by atoms with Crippen molar-refractivity contribution in [2.75, 3.05) is 12.8 Å². The zero-order valence-corrected chi connectivity index (χ0v) is 11.9. The Kier molecular flexibility index (Phi) is 3.38. The molecule has 0 aliphatic carbocycles. The van der Waals surface area contributed by atoms with Crippen LogP contribution < -0.4 is 11.3 Å². The lowest BCUT2D eigenvalue weighted by molar-refractivity contribution is 0.0603. The number of nitrogens with one attached hydrogen (secondary N) is 1. The summed E-state index contributed by atoms with van der Waals surface area (Å²) in [4.78, 5) is 31.3. The standard InChI is InChI=1S/C15H14N4O3/c1-22-14(21)10-7-17-12-11(10)13(20)19(15(16)18-12)8-9-5-3-2-4-6-9/h2-7,17H,8H2,1H3,(H2,16,18). The first-order chi connectivity index (χ1) is 10.6. The second-order valence-electron chi connectivity index (χ2n) is 4.76. The molecule has 2 aromatic heterocycles. The van der Waals surface area contributed by atoms with E-state index in [4.69, 9.17) is 5.73 Å². The summed E-state index contributed by atoms with van der Waals surface area (Å²) >= 11 is 0. The van der Waals surface area contributed by atoms with Gasteiger partial charge < -0.3 is 15.5 Å². The summed E-state index contributed by atoms with van der Waals surface area (Å²) in [5.74, 6) is -0.513. The van der Waals surface area contributed by atoms with Gasteiger partial charge in [0.1, 0.15) is 5.65 Å². The molecule has 0 amide bonds. The van der Waals surface area contributed by atoms with Crippen LogP contribution in [-0.4, -0.2) is 27.6 Å². The number of nitrogen functional groups attached to an aromatic ring is 1. The Morgan fingerprint density at radius 2 is 2.09 bits per heavy atom. The van der Waals surface area contributed by atoms with E-state index in [1.54, 1.807) is 0 Å². The SMILES string of the molecule is COC(=O)c1c[nH]c2nc(N)n(Cc3ccccc3)c(=O)c12. The molecule has 0 fully saturated rings. The van der Waals surface area contributed by atoms with E-state index in [2.05, 4.69) is 14.7 Å². The number of H-pyrrole nitrogens is 1. The smallest absolute Gasteiger partial charge is 0.340 e. The number of carbonyl (C=O) groups excluding carboxylic acids is 1. The fourth-order valence-corrected chi connectivity index (χ4v) is 2.32. The molecular formula is C15H14N4O3. The van der Waals surface area contributed by atoms with Crippen LogP contribution in [0.5, 0.6) is 0 Å². The predicted octanol–water partition coefficient (Wildman–Crippen LogP) is 1.14. The van der Waals surface area contributed by atoms with Gasteiger partial charge in [0.15, 0.2) is 0 Å². The maximum atomic E-state index is 12.7. The van der Waals surface area contributed by atoms with Crippen molar-refractivity contribution in [3.05, 3.63) is 58.0 Å². The number of nitrogens with zero attached hydrogens (tertiary/aromatic N) is 2. The zero-order valence-electron chi connectivity index (χ0n) is 11.9. The fourth-order valence-electron chi connectivity index (χ4n) is 2.32. The molecule has 7 nitrogen and oxygen atoms in total. The third-order valence-electron chi connectivity index (χ3n) is 3.41. The Hall–Kier alpha value is -3.09. The summed E-state index contributed by atoms with van der Waals surface area (Å²) in [6, 6.07) is 9.40. The number of hydrogen-bond donors (Lipinski definition) is 2. The molecule has 3 aromatic rings. The highest BCUT2D eigenvalue weighted by Crippen LogP contribution is 2.15. The third kappa shape index (κ3) is 2.22. The molecule has 0 radical (unpaired) electrons. The molecule has 0 atom stereocenters. The topological polar surface area (TPSA) is 103 Å². The first-order valence-corrected chi connectivity index (χ1v) is 6.61. The summed E-state index contributed by atoms with van der Waals surface area (Å²) in [5, 5.41) is 0.178. The monoisotopic (exact) mass is 298 g/mol. The number of ether oxygens (including phenoxy) is 1. The van der Waals surface area contributed by atoms with Gasteiger partial charge in [0, 0.05) is 6.20 Å². The van der Waals surface area contributed by atoms with Crippen LogP contribution >= 0.6 is 0 Å². The van der Waals surface area contributed by atoms with E-state index in [9.17, 15) is 9.59 Å². The highest BCUT2D eigenvalue weighted by Gasteiger charge is 2.19. The number of esters is 1. The van der Waals surface area contributed by atoms with Crippen LogP contribution in [0.25, 0.3) is 11.0 Å². The van der Waals surface area contributed by atoms with Gasteiger partial charge in [0.25, 0.3) is 5.56 Å². The lowest BCUT2D eigenvalue weighted by Gasteiger charge is -2.09. The largest absolute Gasteiger partial charge is 0.465 e. The zero-order chi connectivity index (χ0) is 15.7. The van der Waals surface area contributed by atoms with Crippen molar-refractivity contribution in [1.29, 1.82) is 0 Å². The van der Waals surface area contributed by atoms with Crippen molar-refractivity contribution < 1.29 is 9.53 Å². The summed E-state index contributed by atoms with van der Waals surface area (Å²) in [6.07, 6.45) is 1.40. The molecule has 0 aliphatic heterocycles. The molecule has 0 spiro atoms. The van der Waals surface area contributed by atoms with Gasteiger partial charge in [-0.1, -0.05) is 30.3 Å². The average Bonchev–Trinajstić information content (AvgIpc) is 2.95. The van der Waals surface area contributed by atoms with Gasteiger partial charge in [-0.3, -0.25) is 9.36 Å². The number of aromatic nitrogens is 3. The van der Waals surface area contributed by atoms with Crippen molar-refractivity contribution in [1.82, 2.24) is 14.5 Å². The molecule has 0 saturated heterocycles. The van der Waals surface area contributed by atoms with Gasteiger partial charge >= 0.3 is 5.97 Å². The van der Waals surface area contributed by atoms with E-state index in [1.807, 2.05) is 30.3 Å². The lowest BCUT2D eigenvalue weighted by atomic mass is 10.2. The van der Waals surface area contributed by atoms with Gasteiger partial charge in [-0.2, -0.15) is 4.98 Å². The van der Waals surface area contributed by atoms with Crippen LogP contribution in [-0.2, 0) is 11.3 Å². The van der Waals surface area contributed by atoms with E-state index in [1.165, 1.54) is 17.9 Å². The number of methoxy groups -OCH3 is 1. The number of nitrogens with two attached hydrogens (primary N) is 1. The molecule has 3 N–H and O–H groups in total. The number of hydrogen-bond acceptors (Lipinski definition) is 5. The molecule has 3 rings (SSSR count). The van der Waals surface area contributed by atoms with E-state index in [0.29, 0.717) is 0 Å². The van der Waals surface area contributed by atoms with E-state index < -0.39 is 5.97 Å². The molecule has 0 aliphatic rings. The molecule has 0 unspecified atom stereocenters. The summed E-state index contributed by atoms with van der Waals surface area (Å²) in [7, 11) is 1.26. The predicted molar refractivity (Wildman–Crippen MR) is 81.6 cm³/mol. The maximum absolute atomic E-state index is 12.7. The van der Waals surface area contributed by atoms with Crippen LogP contribution in [0.4, 0.5) is 5.95 Å². The fraction of sp³-hybridized carbons (Fsp3) is 0.133. The van der Waals surface area contributed by atoms with Gasteiger partial charge in [0.2, 0.25) is 5.95 Å². The van der Waals surface area contributed by atoms with E-state index in [0.717, 1.165) is 5.56 Å². The van der Waals surface area contributed by atoms with Crippen molar-refractivity contribution >= 4 is 23.0 Å². The number of anilines is 1. The van der Waals surface area contributed by atoms with Crippen LogP contribution in [0.2, 0.25) is 0 Å². The van der Waals surface area contributed by atoms with Crippen LogP contribution in [0.15, 0.2) is 41.3 Å². The normalized spacial score (nSPS) is 10.8. The van der Waals surface area contributed by atoms with Crippen molar-refractivity contribution in [2.24, 2.45) is 0 Å². The number of benzene rings is 1. The molecule has 22 heavy (non-hydrogen) atoms. The van der Waals surface area contributed by atoms with Crippen LogP contribution in [0.1, 0.15) is 15.9 Å². The molecule has 2 heterocycles. The third-order valence-corrected chi connectivity index (χ3v) is 3.41. The first kappa shape index (κ1) is 13.9. The van der Waals surface area contributed by atoms with E-state index in [-0.39, 0.29) is 34.6 Å². The van der Waals surface area contributed by atoms with Gasteiger partial charge in [-0.05, 0) is 5.56 Å². The lowest BCUT2D eigenvalue weighted by Crippen LogP contribution is -2.25. The number of carbonyl (C=O) groups is 1. The highest BCUT2D eigenvalue weighted by molar-refractivity contribution is 6.02. The second kappa shape index (κ2) is 5.36. The average molecular weight is 298 g/mol. The highest BCUT2D eigenvalue weighted by atomic mass is 16.5. The Morgan fingerprint density at radius 3 is 2.77 bits per heavy atom. The maximum Gasteiger partial charge on any atom is 0.340 e. The molecule has 7 heteroatoms. The van der Waals surface area contributed by atoms with Crippen molar-refractivity contribution in [2.45, 2.75) is 6.54 Å². The summed E-state index contributed by atoms with van der Waals surface area (Å²) in [5.41, 5.74) is 6.82.